The van der Waals surface area contributed by atoms with Gasteiger partial charge in [0.2, 0.25) is 0 Å². The minimum atomic E-state index is -2.86. The lowest BCUT2D eigenvalue weighted by Crippen LogP contribution is -2.04. The second-order valence-corrected chi connectivity index (χ2v) is 5.31. The van der Waals surface area contributed by atoms with Crippen molar-refractivity contribution >= 4 is 15.8 Å². The molecule has 4 nitrogen and oxygen atoms in total. The SMILES string of the molecule is O=C(O)C#CCC1CCS(=O)(=O)C1. The Balaban J connectivity index is 2.43. The normalized spacial score (nSPS) is 24.8. The second kappa shape index (κ2) is 3.79. The van der Waals surface area contributed by atoms with Gasteiger partial charge in [-0.1, -0.05) is 5.92 Å². The smallest absolute Gasteiger partial charge is 0.381 e. The summed E-state index contributed by atoms with van der Waals surface area (Å²) >= 11 is 0. The third-order valence-corrected chi connectivity index (χ3v) is 3.75. The van der Waals surface area contributed by atoms with Crippen molar-refractivity contribution in [3.63, 3.8) is 0 Å². The van der Waals surface area contributed by atoms with Crippen LogP contribution in [0.25, 0.3) is 0 Å². The van der Waals surface area contributed by atoms with E-state index in [1.54, 1.807) is 0 Å². The first-order valence-corrected chi connectivity index (χ1v) is 5.74. The first-order chi connectivity index (χ1) is 5.99. The fourth-order valence-electron chi connectivity index (χ4n) is 1.30. The molecule has 1 atom stereocenters. The Hall–Kier alpha value is -1.02. The van der Waals surface area contributed by atoms with Crippen LogP contribution >= 0.6 is 0 Å². The van der Waals surface area contributed by atoms with Crippen LogP contribution in [0.1, 0.15) is 12.8 Å². The topological polar surface area (TPSA) is 71.4 Å². The van der Waals surface area contributed by atoms with Crippen molar-refractivity contribution in [1.82, 2.24) is 0 Å². The van der Waals surface area contributed by atoms with Gasteiger partial charge in [-0.15, -0.1) is 0 Å². The van der Waals surface area contributed by atoms with Gasteiger partial charge in [0.05, 0.1) is 11.5 Å². The fraction of sp³-hybridized carbons (Fsp3) is 0.625. The lowest BCUT2D eigenvalue weighted by molar-refractivity contribution is -0.130. The molecule has 1 N–H and O–H groups in total. The summed E-state index contributed by atoms with van der Waals surface area (Å²) in [5.41, 5.74) is 0. The van der Waals surface area contributed by atoms with E-state index >= 15 is 0 Å². The van der Waals surface area contributed by atoms with Crippen molar-refractivity contribution in [1.29, 1.82) is 0 Å². The third kappa shape index (κ3) is 3.47. The number of sulfone groups is 1. The highest BCUT2D eigenvalue weighted by Gasteiger charge is 2.26. The summed E-state index contributed by atoms with van der Waals surface area (Å²) in [6, 6.07) is 0. The highest BCUT2D eigenvalue weighted by molar-refractivity contribution is 7.91. The van der Waals surface area contributed by atoms with Gasteiger partial charge in [0.15, 0.2) is 9.84 Å². The molecule has 72 valence electrons. The van der Waals surface area contributed by atoms with E-state index in [1.165, 1.54) is 0 Å². The number of carboxylic acid groups (broad SMARTS) is 1. The molecule has 5 heteroatoms. The van der Waals surface area contributed by atoms with E-state index in [4.69, 9.17) is 5.11 Å². The van der Waals surface area contributed by atoms with Gasteiger partial charge in [0.25, 0.3) is 0 Å². The predicted octanol–water partition coefficient (Wildman–Crippen LogP) is -0.101. The molecule has 1 aliphatic rings. The predicted molar refractivity (Wildman–Crippen MR) is 46.8 cm³/mol. The molecular formula is C8H10O4S. The van der Waals surface area contributed by atoms with Crippen LogP contribution in [0.5, 0.6) is 0 Å². The van der Waals surface area contributed by atoms with Gasteiger partial charge in [-0.2, -0.15) is 0 Å². The van der Waals surface area contributed by atoms with E-state index in [-0.39, 0.29) is 17.4 Å². The summed E-state index contributed by atoms with van der Waals surface area (Å²) in [4.78, 5) is 10.0. The Morgan fingerprint density at radius 2 is 2.23 bits per heavy atom. The maximum atomic E-state index is 11.0. The van der Waals surface area contributed by atoms with Crippen molar-refractivity contribution in [2.75, 3.05) is 11.5 Å². The van der Waals surface area contributed by atoms with Crippen molar-refractivity contribution < 1.29 is 18.3 Å². The van der Waals surface area contributed by atoms with Crippen LogP contribution in [0, 0.1) is 17.8 Å². The maximum Gasteiger partial charge on any atom is 0.381 e. The zero-order valence-electron chi connectivity index (χ0n) is 6.99. The summed E-state index contributed by atoms with van der Waals surface area (Å²) in [6.45, 7) is 0. The molecule has 0 bridgehead atoms. The van der Waals surface area contributed by atoms with E-state index in [0.717, 1.165) is 0 Å². The number of aliphatic carboxylic acids is 1. The molecule has 13 heavy (non-hydrogen) atoms. The quantitative estimate of drug-likeness (QED) is 0.603. The molecule has 0 amide bonds. The molecule has 0 saturated carbocycles. The van der Waals surface area contributed by atoms with Crippen LogP contribution in [0.3, 0.4) is 0 Å². The zero-order chi connectivity index (χ0) is 9.90. The third-order valence-electron chi connectivity index (χ3n) is 1.91. The lowest BCUT2D eigenvalue weighted by Gasteiger charge is -1.98. The molecule has 0 aromatic heterocycles. The number of carboxylic acids is 1. The number of carbonyl (C=O) groups is 1. The second-order valence-electron chi connectivity index (χ2n) is 3.08. The van der Waals surface area contributed by atoms with E-state index in [9.17, 15) is 13.2 Å². The molecule has 0 radical (unpaired) electrons. The van der Waals surface area contributed by atoms with E-state index in [2.05, 4.69) is 5.92 Å². The zero-order valence-corrected chi connectivity index (χ0v) is 7.80. The Morgan fingerprint density at radius 3 is 2.69 bits per heavy atom. The Morgan fingerprint density at radius 1 is 1.54 bits per heavy atom. The number of rotatable bonds is 1. The highest BCUT2D eigenvalue weighted by Crippen LogP contribution is 2.20. The van der Waals surface area contributed by atoms with Gasteiger partial charge in [-0.3, -0.25) is 0 Å². The standard InChI is InChI=1S/C8H10O4S/c9-8(10)3-1-2-7-4-5-13(11,12)6-7/h7H,2,4-6H2,(H,9,10). The van der Waals surface area contributed by atoms with Gasteiger partial charge in [-0.05, 0) is 12.3 Å². The molecule has 1 unspecified atom stereocenters. The van der Waals surface area contributed by atoms with Crippen molar-refractivity contribution in [3.8, 4) is 11.8 Å². The van der Waals surface area contributed by atoms with Crippen molar-refractivity contribution in [2.45, 2.75) is 12.8 Å². The van der Waals surface area contributed by atoms with Crippen LogP contribution in [0.15, 0.2) is 0 Å². The van der Waals surface area contributed by atoms with Gasteiger partial charge in [-0.25, -0.2) is 13.2 Å². The lowest BCUT2D eigenvalue weighted by atomic mass is 10.1. The maximum absolute atomic E-state index is 11.0. The monoisotopic (exact) mass is 202 g/mol. The van der Waals surface area contributed by atoms with Crippen LogP contribution in [-0.2, 0) is 14.6 Å². The molecular weight excluding hydrogens is 192 g/mol. The van der Waals surface area contributed by atoms with Crippen molar-refractivity contribution in [2.24, 2.45) is 5.92 Å². The largest absolute Gasteiger partial charge is 0.472 e. The average molecular weight is 202 g/mol. The minimum absolute atomic E-state index is 0.0249. The summed E-state index contributed by atoms with van der Waals surface area (Å²) in [6.07, 6.45) is 0.974. The van der Waals surface area contributed by atoms with Crippen LogP contribution < -0.4 is 0 Å². The summed E-state index contributed by atoms with van der Waals surface area (Å²) in [7, 11) is -2.86. The molecule has 1 heterocycles. The summed E-state index contributed by atoms with van der Waals surface area (Å²) in [5, 5.41) is 8.20. The minimum Gasteiger partial charge on any atom is -0.472 e. The molecule has 0 aromatic carbocycles. The molecule has 1 rings (SSSR count). The number of hydrogen-bond acceptors (Lipinski definition) is 3. The Bertz CT molecular complexity index is 357. The van der Waals surface area contributed by atoms with Gasteiger partial charge >= 0.3 is 5.97 Å². The van der Waals surface area contributed by atoms with Gasteiger partial charge in [0, 0.05) is 12.3 Å². The first-order valence-electron chi connectivity index (χ1n) is 3.92. The van der Waals surface area contributed by atoms with E-state index in [1.807, 2.05) is 5.92 Å². The van der Waals surface area contributed by atoms with Crippen LogP contribution in [-0.4, -0.2) is 31.0 Å². The first kappa shape index (κ1) is 10.1. The molecule has 0 aliphatic carbocycles. The molecule has 0 aromatic rings. The molecule has 1 saturated heterocycles. The Kier molecular flexibility index (Phi) is 2.94. The molecule has 0 spiro atoms. The summed E-state index contributed by atoms with van der Waals surface area (Å²) in [5.74, 6) is 3.65. The van der Waals surface area contributed by atoms with E-state index in [0.29, 0.717) is 12.8 Å². The van der Waals surface area contributed by atoms with Crippen molar-refractivity contribution in [3.05, 3.63) is 0 Å². The molecule has 1 fully saturated rings. The van der Waals surface area contributed by atoms with Gasteiger partial charge in [0.1, 0.15) is 0 Å². The summed E-state index contributed by atoms with van der Waals surface area (Å²) < 4.78 is 21.9. The average Bonchev–Trinajstić information content (AvgIpc) is 2.29. The van der Waals surface area contributed by atoms with Gasteiger partial charge < -0.3 is 5.11 Å². The highest BCUT2D eigenvalue weighted by atomic mass is 32.2. The Labute approximate surface area is 76.9 Å². The fourth-order valence-corrected chi connectivity index (χ4v) is 3.17. The molecule has 1 aliphatic heterocycles. The van der Waals surface area contributed by atoms with Crippen LogP contribution in [0.2, 0.25) is 0 Å². The van der Waals surface area contributed by atoms with Crippen LogP contribution in [0.4, 0.5) is 0 Å². The van der Waals surface area contributed by atoms with E-state index < -0.39 is 15.8 Å². The number of hydrogen-bond donors (Lipinski definition) is 1.